The first-order valence-corrected chi connectivity index (χ1v) is 13.4. The highest BCUT2D eigenvalue weighted by Crippen LogP contribution is 2.33. The van der Waals surface area contributed by atoms with Gasteiger partial charge in [-0.3, -0.25) is 14.2 Å². The number of para-hydroxylation sites is 2. The van der Waals surface area contributed by atoms with Crippen molar-refractivity contribution in [2.75, 3.05) is 0 Å². The number of ether oxygens (including phenoxy) is 1. The number of carbonyl (C=O) groups is 3. The second-order valence-electron chi connectivity index (χ2n) is 9.45. The molecule has 0 unspecified atom stereocenters. The molecule has 6 heteroatoms. The highest BCUT2D eigenvalue weighted by molar-refractivity contribution is 6.34. The van der Waals surface area contributed by atoms with Crippen molar-refractivity contribution >= 4 is 40.0 Å². The highest BCUT2D eigenvalue weighted by Gasteiger charge is 2.31. The van der Waals surface area contributed by atoms with Gasteiger partial charge in [0, 0.05) is 16.7 Å². The molecule has 0 bridgehead atoms. The summed E-state index contributed by atoms with van der Waals surface area (Å²) in [4.78, 5) is 46.8. The van der Waals surface area contributed by atoms with E-state index in [1.807, 2.05) is 24.3 Å². The Morgan fingerprint density at radius 3 is 1.60 bits per heavy atom. The summed E-state index contributed by atoms with van der Waals surface area (Å²) in [5.41, 5.74) is 2.56. The van der Waals surface area contributed by atoms with Gasteiger partial charge in [0.05, 0.1) is 16.6 Å². The number of ketones is 1. The monoisotopic (exact) mass is 548 g/mol. The lowest BCUT2D eigenvalue weighted by Gasteiger charge is -2.17. The van der Waals surface area contributed by atoms with Gasteiger partial charge in [0.25, 0.3) is 5.91 Å². The smallest absolute Gasteiger partial charge is 0.343 e. The molecular weight excluding hydrogens is 524 g/mol. The Balaban J connectivity index is 1.68. The van der Waals surface area contributed by atoms with Gasteiger partial charge in [0.2, 0.25) is 5.78 Å². The molecule has 0 aliphatic rings. The molecule has 0 saturated heterocycles. The number of allylic oxidation sites excluding steroid dienone is 1. The fourth-order valence-electron chi connectivity index (χ4n) is 4.72. The fourth-order valence-corrected chi connectivity index (χ4v) is 4.72. The molecule has 0 aliphatic heterocycles. The van der Waals surface area contributed by atoms with E-state index in [4.69, 9.17) is 9.72 Å². The molecule has 0 spiro atoms. The number of fused-ring (bicyclic) bond motifs is 1. The van der Waals surface area contributed by atoms with Gasteiger partial charge in [-0.25, -0.2) is 9.78 Å². The quantitative estimate of drug-likeness (QED) is 0.0903. The Labute approximate surface area is 242 Å². The van der Waals surface area contributed by atoms with Crippen LogP contribution < -0.4 is 0 Å². The predicted molar refractivity (Wildman–Crippen MR) is 162 cm³/mol. The third-order valence-corrected chi connectivity index (χ3v) is 6.74. The summed E-state index contributed by atoms with van der Waals surface area (Å²) in [6.07, 6.45) is 0. The molecule has 6 aromatic rings. The Morgan fingerprint density at radius 1 is 0.524 bits per heavy atom. The number of carbonyl (C=O) groups excluding carboxylic acids is 3. The summed E-state index contributed by atoms with van der Waals surface area (Å²) >= 11 is 0. The van der Waals surface area contributed by atoms with Crippen molar-refractivity contribution in [3.63, 3.8) is 0 Å². The molecule has 6 nitrogen and oxygen atoms in total. The molecular formula is C36H24N2O4. The van der Waals surface area contributed by atoms with Gasteiger partial charge in [0.15, 0.2) is 11.6 Å². The highest BCUT2D eigenvalue weighted by atomic mass is 16.5. The lowest BCUT2D eigenvalue weighted by Crippen LogP contribution is -2.19. The largest absolute Gasteiger partial charge is 0.421 e. The number of rotatable bonds is 7. The van der Waals surface area contributed by atoms with Crippen molar-refractivity contribution in [3.05, 3.63) is 174 Å². The number of aromatic nitrogens is 2. The van der Waals surface area contributed by atoms with Gasteiger partial charge in [-0.1, -0.05) is 109 Å². The van der Waals surface area contributed by atoms with E-state index in [-0.39, 0.29) is 23.1 Å². The number of Topliss-reactive ketones (excluding diaryl/α,β-unsaturated/α-hetero) is 1. The van der Waals surface area contributed by atoms with E-state index in [0.29, 0.717) is 33.3 Å². The van der Waals surface area contributed by atoms with Crippen molar-refractivity contribution in [2.45, 2.75) is 0 Å². The number of nitrogens with zero attached hydrogens (tertiary/aromatic N) is 2. The zero-order valence-corrected chi connectivity index (χ0v) is 22.4. The van der Waals surface area contributed by atoms with Crippen LogP contribution in [0.3, 0.4) is 0 Å². The first-order valence-electron chi connectivity index (χ1n) is 13.4. The first-order chi connectivity index (χ1) is 20.6. The summed E-state index contributed by atoms with van der Waals surface area (Å²) in [6, 6.07) is 42.0. The second-order valence-corrected chi connectivity index (χ2v) is 9.45. The third-order valence-electron chi connectivity index (χ3n) is 6.74. The van der Waals surface area contributed by atoms with Gasteiger partial charge in [-0.15, -0.1) is 0 Å². The van der Waals surface area contributed by atoms with E-state index in [9.17, 15) is 14.4 Å². The molecule has 0 radical (unpaired) electrons. The fraction of sp³-hybridized carbons (Fsp3) is 0. The maximum absolute atomic E-state index is 14.5. The standard InChI is InChI=1S/C36H24N2O4/c39-32(25-15-5-1-6-16-25)31(33(26-17-7-2-8-18-26)42-36(41)28-21-11-4-12-22-28)34-37-29-23-13-14-24-30(29)38(34)35(40)27-19-9-3-10-20-27/h1-24H/b33-31+. The first kappa shape index (κ1) is 26.3. The van der Waals surface area contributed by atoms with Gasteiger partial charge in [-0.2, -0.15) is 0 Å². The van der Waals surface area contributed by atoms with Crippen LogP contribution in [0.15, 0.2) is 146 Å². The Kier molecular flexibility index (Phi) is 7.34. The van der Waals surface area contributed by atoms with E-state index in [1.165, 1.54) is 4.57 Å². The van der Waals surface area contributed by atoms with Crippen LogP contribution in [0, 0.1) is 0 Å². The van der Waals surface area contributed by atoms with Crippen LogP contribution in [0.4, 0.5) is 0 Å². The minimum atomic E-state index is -0.648. The van der Waals surface area contributed by atoms with Crippen LogP contribution in [0.2, 0.25) is 0 Å². The number of imidazole rings is 1. The lowest BCUT2D eigenvalue weighted by atomic mass is 9.98. The number of esters is 1. The predicted octanol–water partition coefficient (Wildman–Crippen LogP) is 7.33. The van der Waals surface area contributed by atoms with Crippen LogP contribution >= 0.6 is 0 Å². The van der Waals surface area contributed by atoms with Crippen LogP contribution in [0.5, 0.6) is 0 Å². The molecule has 0 amide bonds. The van der Waals surface area contributed by atoms with E-state index >= 15 is 0 Å². The van der Waals surface area contributed by atoms with Crippen molar-refractivity contribution in [1.82, 2.24) is 9.55 Å². The Hall–Kier alpha value is -5.88. The molecule has 1 heterocycles. The molecule has 0 saturated carbocycles. The maximum Gasteiger partial charge on any atom is 0.343 e. The maximum atomic E-state index is 14.5. The minimum Gasteiger partial charge on any atom is -0.421 e. The topological polar surface area (TPSA) is 78.3 Å². The Morgan fingerprint density at radius 2 is 1.00 bits per heavy atom. The average Bonchev–Trinajstić information content (AvgIpc) is 3.44. The number of benzene rings is 5. The van der Waals surface area contributed by atoms with Crippen molar-refractivity contribution in [3.8, 4) is 0 Å². The Bertz CT molecular complexity index is 1930. The van der Waals surface area contributed by atoms with Crippen LogP contribution in [0.25, 0.3) is 22.4 Å². The summed E-state index contributed by atoms with van der Waals surface area (Å²) in [6.45, 7) is 0. The van der Waals surface area contributed by atoms with Gasteiger partial charge >= 0.3 is 5.97 Å². The van der Waals surface area contributed by atoms with Gasteiger partial charge < -0.3 is 4.74 Å². The second kappa shape index (κ2) is 11.7. The van der Waals surface area contributed by atoms with E-state index in [1.54, 1.807) is 121 Å². The molecule has 0 N–H and O–H groups in total. The number of hydrogen-bond donors (Lipinski definition) is 0. The van der Waals surface area contributed by atoms with E-state index in [2.05, 4.69) is 0 Å². The van der Waals surface area contributed by atoms with Gasteiger partial charge in [-0.05, 0) is 36.4 Å². The SMILES string of the molecule is O=C(O/C(=C(\C(=O)c1ccccc1)c1nc2ccccc2n1C(=O)c1ccccc1)c1ccccc1)c1ccccc1. The third kappa shape index (κ3) is 5.17. The average molecular weight is 549 g/mol. The molecule has 6 rings (SSSR count). The zero-order chi connectivity index (χ0) is 28.9. The molecule has 1 aromatic heterocycles. The summed E-state index contributed by atoms with van der Waals surface area (Å²) in [5.74, 6) is -1.41. The van der Waals surface area contributed by atoms with Crippen LogP contribution in [0.1, 0.15) is 42.5 Å². The lowest BCUT2D eigenvalue weighted by molar-refractivity contribution is 0.0692. The molecule has 0 aliphatic carbocycles. The van der Waals surface area contributed by atoms with Crippen LogP contribution in [-0.4, -0.2) is 27.2 Å². The molecule has 0 atom stereocenters. The molecule has 42 heavy (non-hydrogen) atoms. The van der Waals surface area contributed by atoms with E-state index in [0.717, 1.165) is 0 Å². The number of hydrogen-bond acceptors (Lipinski definition) is 5. The summed E-state index contributed by atoms with van der Waals surface area (Å²) in [5, 5.41) is 0. The van der Waals surface area contributed by atoms with E-state index < -0.39 is 11.8 Å². The molecule has 0 fully saturated rings. The van der Waals surface area contributed by atoms with Crippen molar-refractivity contribution in [2.24, 2.45) is 0 Å². The van der Waals surface area contributed by atoms with Crippen LogP contribution in [-0.2, 0) is 4.74 Å². The van der Waals surface area contributed by atoms with Crippen molar-refractivity contribution in [1.29, 1.82) is 0 Å². The molecule has 5 aromatic carbocycles. The normalized spacial score (nSPS) is 11.5. The van der Waals surface area contributed by atoms with Gasteiger partial charge in [0.1, 0.15) is 5.57 Å². The molecule has 202 valence electrons. The zero-order valence-electron chi connectivity index (χ0n) is 22.4. The van der Waals surface area contributed by atoms with Crippen molar-refractivity contribution < 1.29 is 19.1 Å². The summed E-state index contributed by atoms with van der Waals surface area (Å²) < 4.78 is 7.49. The summed E-state index contributed by atoms with van der Waals surface area (Å²) in [7, 11) is 0. The minimum absolute atomic E-state index is 0.00396.